The van der Waals surface area contributed by atoms with Gasteiger partial charge in [0.05, 0.1) is 36.7 Å². The highest BCUT2D eigenvalue weighted by atomic mass is 16.8. The molecular weight excluding hydrogens is 522 g/mol. The summed E-state index contributed by atoms with van der Waals surface area (Å²) in [7, 11) is 18.9. The van der Waals surface area contributed by atoms with Gasteiger partial charge in [-0.15, -0.1) is 0 Å². The second kappa shape index (κ2) is 11.5. The molecule has 0 atom stereocenters. The summed E-state index contributed by atoms with van der Waals surface area (Å²) < 4.78 is 11.9. The largest absolute Gasteiger partial charge is 0.508 e. The van der Waals surface area contributed by atoms with Crippen LogP contribution in [0.1, 0.15) is 49.3 Å². The van der Waals surface area contributed by atoms with Gasteiger partial charge in [0.1, 0.15) is 27.0 Å². The molecule has 0 aliphatic carbocycles. The van der Waals surface area contributed by atoms with Crippen LogP contribution >= 0.6 is 0 Å². The van der Waals surface area contributed by atoms with Crippen molar-refractivity contribution in [3.05, 3.63) is 47.2 Å². The van der Waals surface area contributed by atoms with Crippen molar-refractivity contribution in [2.24, 2.45) is 5.92 Å². The molecular formula is C27H32B4N3O7. The molecule has 2 aliphatic heterocycles. The van der Waals surface area contributed by atoms with Crippen molar-refractivity contribution >= 4 is 47.9 Å². The lowest BCUT2D eigenvalue weighted by Crippen LogP contribution is -2.74. The van der Waals surface area contributed by atoms with Crippen LogP contribution in [0.5, 0.6) is 5.75 Å². The zero-order valence-corrected chi connectivity index (χ0v) is 23.7. The molecule has 0 unspecified atom stereocenters. The predicted molar refractivity (Wildman–Crippen MR) is 157 cm³/mol. The van der Waals surface area contributed by atoms with Crippen LogP contribution in [0, 0.1) is 5.92 Å². The minimum atomic E-state index is -3.01. The van der Waals surface area contributed by atoms with Gasteiger partial charge in [-0.25, -0.2) is 4.68 Å². The fourth-order valence-corrected chi connectivity index (χ4v) is 5.30. The number of benzene rings is 1. The Labute approximate surface area is 244 Å². The van der Waals surface area contributed by atoms with E-state index in [0.29, 0.717) is 23.4 Å². The maximum absolute atomic E-state index is 14.3. The van der Waals surface area contributed by atoms with Crippen LogP contribution in [-0.2, 0) is 22.2 Å². The summed E-state index contributed by atoms with van der Waals surface area (Å²) in [4.78, 5) is 15.0. The van der Waals surface area contributed by atoms with Crippen molar-refractivity contribution in [3.63, 3.8) is 0 Å². The number of aliphatic hydroxyl groups is 3. The third-order valence-electron chi connectivity index (χ3n) is 7.05. The highest BCUT2D eigenvalue weighted by molar-refractivity contribution is 6.56. The van der Waals surface area contributed by atoms with E-state index < -0.39 is 29.4 Å². The molecule has 209 valence electrons. The smallest absolute Gasteiger partial charge is 0.276 e. The maximum Gasteiger partial charge on any atom is 0.276 e. The first-order valence-corrected chi connectivity index (χ1v) is 13.3. The molecule has 4 N–H and O–H groups in total. The topological polar surface area (TPSA) is 138 Å². The van der Waals surface area contributed by atoms with Gasteiger partial charge in [0.15, 0.2) is 20.8 Å². The second-order valence-electron chi connectivity index (χ2n) is 11.0. The van der Waals surface area contributed by atoms with Gasteiger partial charge in [0, 0.05) is 5.56 Å². The van der Waals surface area contributed by atoms with Crippen LogP contribution in [0.15, 0.2) is 30.4 Å². The highest BCUT2D eigenvalue weighted by Crippen LogP contribution is 2.38. The van der Waals surface area contributed by atoms with Crippen molar-refractivity contribution < 1.29 is 34.7 Å². The number of carbonyl (C=O) groups is 1. The number of hydrogen-bond donors (Lipinski definition) is 4. The lowest BCUT2D eigenvalue weighted by atomic mass is 9.59. The van der Waals surface area contributed by atoms with E-state index in [1.807, 2.05) is 45.4 Å². The number of fused-ring (bicyclic) bond motifs is 3. The molecule has 0 spiro atoms. The Balaban J connectivity index is 1.91. The molecule has 1 fully saturated rings. The van der Waals surface area contributed by atoms with E-state index in [1.54, 1.807) is 10.7 Å². The summed E-state index contributed by atoms with van der Waals surface area (Å²) >= 11 is 0. The van der Waals surface area contributed by atoms with Gasteiger partial charge in [-0.1, -0.05) is 31.5 Å². The van der Waals surface area contributed by atoms with Crippen LogP contribution in [0.3, 0.4) is 0 Å². The van der Waals surface area contributed by atoms with E-state index in [4.69, 9.17) is 38.1 Å². The van der Waals surface area contributed by atoms with Crippen LogP contribution in [-0.4, -0.2) is 109 Å². The highest BCUT2D eigenvalue weighted by Gasteiger charge is 2.53. The molecule has 2 aliphatic rings. The monoisotopic (exact) mass is 554 g/mol. The van der Waals surface area contributed by atoms with Crippen LogP contribution < -0.4 is 5.46 Å². The number of phenols is 1. The van der Waals surface area contributed by atoms with E-state index in [0.717, 1.165) is 21.5 Å². The maximum atomic E-state index is 14.3. The second-order valence-corrected chi connectivity index (χ2v) is 11.0. The normalized spacial score (nSPS) is 16.7. The van der Waals surface area contributed by atoms with E-state index >= 15 is 0 Å². The molecule has 0 bridgehead atoms. The summed E-state index contributed by atoms with van der Waals surface area (Å²) in [5.74, 6) is -3.36. The molecule has 2 aromatic rings. The number of amides is 1. The Kier molecular flexibility index (Phi) is 8.74. The third-order valence-corrected chi connectivity index (χ3v) is 7.05. The first kappa shape index (κ1) is 31.2. The van der Waals surface area contributed by atoms with Crippen LogP contribution in [0.4, 0.5) is 0 Å². The first-order valence-electron chi connectivity index (χ1n) is 13.3. The van der Waals surface area contributed by atoms with Crippen molar-refractivity contribution in [2.75, 3.05) is 19.8 Å². The van der Waals surface area contributed by atoms with Gasteiger partial charge < -0.3 is 34.8 Å². The molecule has 4 rings (SSSR count). The Morgan fingerprint density at radius 2 is 1.95 bits per heavy atom. The Bertz CT molecular complexity index is 1370. The lowest BCUT2D eigenvalue weighted by Gasteiger charge is -2.54. The Morgan fingerprint density at radius 1 is 1.27 bits per heavy atom. The summed E-state index contributed by atoms with van der Waals surface area (Å²) in [5.41, 5.74) is -0.0368. The number of rotatable bonds is 10. The summed E-state index contributed by atoms with van der Waals surface area (Å²) in [6.07, 6.45) is 6.44. The zero-order valence-electron chi connectivity index (χ0n) is 23.7. The van der Waals surface area contributed by atoms with Gasteiger partial charge >= 0.3 is 0 Å². The number of ether oxygens (including phenoxy) is 2. The molecule has 41 heavy (non-hydrogen) atoms. The number of hydrogen-bond acceptors (Lipinski definition) is 8. The fraction of sp³-hybridized carbons (Fsp3) is 0.481. The van der Waals surface area contributed by atoms with Gasteiger partial charge in [0.25, 0.3) is 5.91 Å². The van der Waals surface area contributed by atoms with E-state index in [1.165, 1.54) is 0 Å². The van der Waals surface area contributed by atoms with Crippen molar-refractivity contribution in [2.45, 2.75) is 57.4 Å². The lowest BCUT2D eigenvalue weighted by molar-refractivity contribution is -0.302. The van der Waals surface area contributed by atoms with Gasteiger partial charge in [-0.2, -0.15) is 5.10 Å². The SMILES string of the molecule is [B]C(O)(O)OCC1(N(C(=O)c2nn(C(/C=C\C)=C/C)c3c2C[B]c2cc(O)c(CC(C)C)cc2-3)C([B])([B])O)COC1. The van der Waals surface area contributed by atoms with E-state index in [-0.39, 0.29) is 36.9 Å². The molecule has 1 saturated heterocycles. The number of aromatic hydroxyl groups is 1. The number of nitrogens with zero attached hydrogens (tertiary/aromatic N) is 3. The number of carbonyl (C=O) groups excluding carboxylic acids is 1. The fourth-order valence-electron chi connectivity index (χ4n) is 5.30. The minimum absolute atomic E-state index is 0.0307. The molecule has 10 nitrogen and oxygen atoms in total. The molecule has 1 aromatic heterocycles. The molecule has 0 saturated carbocycles. The minimum Gasteiger partial charge on any atom is -0.508 e. The standard InChI is InChI=1S/C27H32B4N3O7/c1-5-7-17(6-2)33-23-18-9-16(8-15(3)4)21(35)10-20(18)31-11-19(23)22(32-33)24(36)34(26(28,29)37)25(12-40-13-25)14-41-27(30,38)39/h5-7,9-10,15,35,37-39H,8,11-14H2,1-4H3/b7-5-,17-6+. The van der Waals surface area contributed by atoms with Crippen LogP contribution in [0.25, 0.3) is 17.0 Å². The van der Waals surface area contributed by atoms with Crippen molar-refractivity contribution in [3.8, 4) is 17.0 Å². The number of allylic oxidation sites excluding steroid dienone is 4. The summed E-state index contributed by atoms with van der Waals surface area (Å²) in [6.45, 7) is 6.89. The zero-order chi connectivity index (χ0) is 30.3. The first-order chi connectivity index (χ1) is 19.1. The molecule has 3 heterocycles. The van der Waals surface area contributed by atoms with E-state index in [2.05, 4.69) is 13.8 Å². The third kappa shape index (κ3) is 6.22. The summed E-state index contributed by atoms with van der Waals surface area (Å²) in [6, 6.07) is 3.62. The average Bonchev–Trinajstić information content (AvgIpc) is 3.22. The van der Waals surface area contributed by atoms with Gasteiger partial charge in [-0.05, 0) is 61.8 Å². The van der Waals surface area contributed by atoms with Crippen LogP contribution in [0.2, 0.25) is 0 Å². The predicted octanol–water partition coefficient (Wildman–Crippen LogP) is -0.333. The number of aromatic nitrogens is 2. The van der Waals surface area contributed by atoms with Gasteiger partial charge in [0.2, 0.25) is 5.87 Å². The van der Waals surface area contributed by atoms with Gasteiger partial charge in [-0.3, -0.25) is 4.79 Å². The molecule has 1 amide bonds. The number of phenolic OH excluding ortho intramolecular Hbond substituents is 1. The van der Waals surface area contributed by atoms with E-state index in [9.17, 15) is 25.2 Å². The summed E-state index contributed by atoms with van der Waals surface area (Å²) in [5, 5.41) is 45.3. The Morgan fingerprint density at radius 3 is 2.46 bits per heavy atom. The Hall–Kier alpha value is -2.76. The molecule has 7 radical (unpaired) electrons. The molecule has 1 aromatic carbocycles. The quantitative estimate of drug-likeness (QED) is 0.178. The molecule has 14 heteroatoms. The van der Waals surface area contributed by atoms with Crippen molar-refractivity contribution in [1.29, 1.82) is 0 Å². The van der Waals surface area contributed by atoms with Crippen molar-refractivity contribution in [1.82, 2.24) is 14.7 Å². The average molecular weight is 554 g/mol.